The molecule has 0 aliphatic rings. The van der Waals surface area contributed by atoms with Gasteiger partial charge in [0.15, 0.2) is 0 Å². The van der Waals surface area contributed by atoms with Crippen molar-refractivity contribution in [1.82, 2.24) is 0 Å². The maximum atomic E-state index is 11.2. The number of benzene rings is 1. The van der Waals surface area contributed by atoms with Crippen LogP contribution in [0.2, 0.25) is 0 Å². The fourth-order valence-electron chi connectivity index (χ4n) is 1.30. The van der Waals surface area contributed by atoms with Gasteiger partial charge in [-0.15, -0.1) is 0 Å². The molecule has 0 spiro atoms. The fraction of sp³-hybridized carbons (Fsp3) is 0.0833. The lowest BCUT2D eigenvalue weighted by atomic mass is 10.2. The summed E-state index contributed by atoms with van der Waals surface area (Å²) in [6.45, 7) is 0. The molecule has 0 fully saturated rings. The predicted octanol–water partition coefficient (Wildman–Crippen LogP) is 2.78. The van der Waals surface area contributed by atoms with Gasteiger partial charge < -0.3 is 4.74 Å². The summed E-state index contributed by atoms with van der Waals surface area (Å²) in [5, 5.41) is 0. The molecule has 0 aliphatic carbocycles. The lowest BCUT2D eigenvalue weighted by Crippen LogP contribution is -1.89. The Hall–Kier alpha value is -1.61. The van der Waals surface area contributed by atoms with Crippen LogP contribution in [0.4, 0.5) is 0 Å². The topological polar surface area (TPSA) is 26.3 Å². The van der Waals surface area contributed by atoms with Gasteiger partial charge in [-0.2, -0.15) is 0 Å². The molecule has 0 unspecified atom stereocenters. The standard InChI is InChI=1S/C12H10O2S/c1-14-10-7-5-9(6-8-10)11-3-2-4-12(13)15-11/h2-8H,1H3. The first-order chi connectivity index (χ1) is 7.29. The Labute approximate surface area is 91.8 Å². The highest BCUT2D eigenvalue weighted by Gasteiger charge is 1.98. The van der Waals surface area contributed by atoms with Crippen LogP contribution in [0.5, 0.6) is 5.75 Å². The van der Waals surface area contributed by atoms with Gasteiger partial charge in [0.1, 0.15) is 5.75 Å². The molecule has 0 bridgehead atoms. The zero-order valence-corrected chi connectivity index (χ0v) is 9.08. The minimum absolute atomic E-state index is 0.0725. The average molecular weight is 218 g/mol. The van der Waals surface area contributed by atoms with Crippen molar-refractivity contribution >= 4 is 11.3 Å². The van der Waals surface area contributed by atoms with Gasteiger partial charge in [0.25, 0.3) is 0 Å². The maximum Gasteiger partial charge on any atom is 0.232 e. The van der Waals surface area contributed by atoms with Crippen molar-refractivity contribution < 1.29 is 4.74 Å². The molecule has 3 heteroatoms. The molecular weight excluding hydrogens is 208 g/mol. The van der Waals surface area contributed by atoms with Gasteiger partial charge in [0.2, 0.25) is 4.74 Å². The fourth-order valence-corrected chi connectivity index (χ4v) is 2.06. The molecule has 1 heterocycles. The third kappa shape index (κ3) is 2.25. The monoisotopic (exact) mass is 218 g/mol. The van der Waals surface area contributed by atoms with Crippen LogP contribution in [0.25, 0.3) is 10.4 Å². The van der Waals surface area contributed by atoms with E-state index in [1.807, 2.05) is 30.3 Å². The van der Waals surface area contributed by atoms with Gasteiger partial charge in [-0.3, -0.25) is 4.79 Å². The minimum atomic E-state index is 0.0725. The summed E-state index contributed by atoms with van der Waals surface area (Å²) >= 11 is 1.25. The van der Waals surface area contributed by atoms with Crippen LogP contribution >= 0.6 is 11.3 Å². The summed E-state index contributed by atoms with van der Waals surface area (Å²) in [5.74, 6) is 0.821. The van der Waals surface area contributed by atoms with Crippen molar-refractivity contribution in [1.29, 1.82) is 0 Å². The molecule has 0 saturated heterocycles. The van der Waals surface area contributed by atoms with Crippen LogP contribution < -0.4 is 9.48 Å². The molecule has 0 saturated carbocycles. The Morgan fingerprint density at radius 3 is 2.40 bits per heavy atom. The SMILES string of the molecule is COc1ccc(-c2cccc(=O)s2)cc1. The summed E-state index contributed by atoms with van der Waals surface area (Å²) in [4.78, 5) is 12.2. The number of methoxy groups -OCH3 is 1. The third-order valence-corrected chi connectivity index (χ3v) is 2.99. The van der Waals surface area contributed by atoms with Gasteiger partial charge in [-0.25, -0.2) is 0 Å². The van der Waals surface area contributed by atoms with Gasteiger partial charge >= 0.3 is 0 Å². The highest BCUT2D eigenvalue weighted by Crippen LogP contribution is 2.23. The Morgan fingerprint density at radius 1 is 1.07 bits per heavy atom. The molecule has 1 aromatic carbocycles. The predicted molar refractivity (Wildman–Crippen MR) is 62.6 cm³/mol. The average Bonchev–Trinajstić information content (AvgIpc) is 2.29. The molecule has 0 aliphatic heterocycles. The third-order valence-electron chi connectivity index (χ3n) is 2.06. The first-order valence-electron chi connectivity index (χ1n) is 4.54. The van der Waals surface area contributed by atoms with E-state index in [9.17, 15) is 4.79 Å². The van der Waals surface area contributed by atoms with Crippen LogP contribution in [-0.2, 0) is 0 Å². The van der Waals surface area contributed by atoms with Crippen molar-refractivity contribution in [2.75, 3.05) is 7.11 Å². The molecule has 0 N–H and O–H groups in total. The molecule has 0 atom stereocenters. The number of rotatable bonds is 2. The van der Waals surface area contributed by atoms with Gasteiger partial charge in [0, 0.05) is 4.88 Å². The molecule has 2 rings (SSSR count). The molecule has 76 valence electrons. The van der Waals surface area contributed by atoms with E-state index in [0.29, 0.717) is 0 Å². The molecule has 0 amide bonds. The molecule has 15 heavy (non-hydrogen) atoms. The van der Waals surface area contributed by atoms with Crippen molar-refractivity contribution in [3.63, 3.8) is 0 Å². The second-order valence-corrected chi connectivity index (χ2v) is 4.09. The van der Waals surface area contributed by atoms with Crippen LogP contribution in [0, 0.1) is 0 Å². The van der Waals surface area contributed by atoms with E-state index in [2.05, 4.69) is 0 Å². The second-order valence-electron chi connectivity index (χ2n) is 3.04. The first-order valence-corrected chi connectivity index (χ1v) is 5.36. The second kappa shape index (κ2) is 4.28. The van der Waals surface area contributed by atoms with Crippen molar-refractivity contribution in [3.8, 4) is 16.2 Å². The normalized spacial score (nSPS) is 9.93. The van der Waals surface area contributed by atoms with E-state index in [-0.39, 0.29) is 4.74 Å². The van der Waals surface area contributed by atoms with Crippen LogP contribution in [0.15, 0.2) is 47.3 Å². The molecular formula is C12H10O2S. The molecule has 2 nitrogen and oxygen atoms in total. The van der Waals surface area contributed by atoms with Crippen molar-refractivity contribution in [2.24, 2.45) is 0 Å². The summed E-state index contributed by atoms with van der Waals surface area (Å²) in [6.07, 6.45) is 0. The molecule has 1 aromatic heterocycles. The summed E-state index contributed by atoms with van der Waals surface area (Å²) in [7, 11) is 1.63. The van der Waals surface area contributed by atoms with E-state index < -0.39 is 0 Å². The lowest BCUT2D eigenvalue weighted by molar-refractivity contribution is 0.415. The molecule has 2 aromatic rings. The van der Waals surface area contributed by atoms with E-state index >= 15 is 0 Å². The molecule has 0 radical (unpaired) electrons. The van der Waals surface area contributed by atoms with Crippen LogP contribution in [0.3, 0.4) is 0 Å². The lowest BCUT2D eigenvalue weighted by Gasteiger charge is -2.01. The van der Waals surface area contributed by atoms with E-state index in [4.69, 9.17) is 4.74 Å². The quantitative estimate of drug-likeness (QED) is 0.774. The number of hydrogen-bond donors (Lipinski definition) is 0. The Kier molecular flexibility index (Phi) is 2.83. The van der Waals surface area contributed by atoms with Crippen LogP contribution in [0.1, 0.15) is 0 Å². The zero-order chi connectivity index (χ0) is 10.7. The van der Waals surface area contributed by atoms with E-state index in [0.717, 1.165) is 16.2 Å². The van der Waals surface area contributed by atoms with Gasteiger partial charge in [-0.05, 0) is 42.0 Å². The van der Waals surface area contributed by atoms with E-state index in [1.165, 1.54) is 11.3 Å². The van der Waals surface area contributed by atoms with Gasteiger partial charge in [0.05, 0.1) is 7.11 Å². The largest absolute Gasteiger partial charge is 0.497 e. The Bertz CT molecular complexity index is 500. The highest BCUT2D eigenvalue weighted by molar-refractivity contribution is 7.12. The highest BCUT2D eigenvalue weighted by atomic mass is 32.1. The van der Waals surface area contributed by atoms with Crippen molar-refractivity contribution in [3.05, 3.63) is 52.0 Å². The Balaban J connectivity index is 2.41. The summed E-state index contributed by atoms with van der Waals surface area (Å²) < 4.78 is 5.14. The van der Waals surface area contributed by atoms with Crippen LogP contribution in [-0.4, -0.2) is 7.11 Å². The maximum absolute atomic E-state index is 11.2. The Morgan fingerprint density at radius 2 is 1.80 bits per heavy atom. The van der Waals surface area contributed by atoms with E-state index in [1.54, 1.807) is 19.2 Å². The smallest absolute Gasteiger partial charge is 0.232 e. The first kappa shape index (κ1) is 9.93. The minimum Gasteiger partial charge on any atom is -0.497 e. The zero-order valence-electron chi connectivity index (χ0n) is 8.27. The number of ether oxygens (including phenoxy) is 1. The summed E-state index contributed by atoms with van der Waals surface area (Å²) in [5.41, 5.74) is 1.04. The summed E-state index contributed by atoms with van der Waals surface area (Å²) in [6, 6.07) is 13.0. The van der Waals surface area contributed by atoms with Gasteiger partial charge in [-0.1, -0.05) is 17.4 Å². The van der Waals surface area contributed by atoms with Crippen molar-refractivity contribution in [2.45, 2.75) is 0 Å². The number of hydrogen-bond acceptors (Lipinski definition) is 3.